The predicted octanol–water partition coefficient (Wildman–Crippen LogP) is 35.0. The number of hydrogen-bond acceptors (Lipinski definition) is 10. The maximum Gasteiger partial charge on any atom is 0.104 e. The monoisotopic (exact) mass is 1990 g/mol. The average molecular weight is 1990 g/mol. The molecule has 28 rings (SSSR count). The summed E-state index contributed by atoms with van der Waals surface area (Å²) < 4.78 is 151. The molecule has 10 nitrogen and oxygen atoms in total. The Labute approximate surface area is 915 Å². The summed E-state index contributed by atoms with van der Waals surface area (Å²) in [6.07, 6.45) is 25.7. The first kappa shape index (κ1) is 80.3. The van der Waals surface area contributed by atoms with E-state index in [4.69, 9.17) is 20.6 Å². The van der Waals surface area contributed by atoms with E-state index in [1.807, 2.05) is 169 Å². The minimum absolute atomic E-state index is 0.120. The fourth-order valence-electron chi connectivity index (χ4n) is 31.5. The third kappa shape index (κ3) is 15.6. The first-order chi connectivity index (χ1) is 79.6. The lowest BCUT2D eigenvalue weighted by Gasteiger charge is -2.51. The fraction of sp³-hybridized carbons (Fsp3) is 0.410. The van der Waals surface area contributed by atoms with E-state index >= 15 is 0 Å². The molecule has 9 unspecified atom stereocenters. The quantitative estimate of drug-likeness (QED) is 0.111. The van der Waals surface area contributed by atoms with Gasteiger partial charge in [0.1, 0.15) is 30.8 Å². The van der Waals surface area contributed by atoms with Crippen molar-refractivity contribution in [3.05, 3.63) is 426 Å². The van der Waals surface area contributed by atoms with Gasteiger partial charge in [-0.15, -0.1) is 0 Å². The smallest absolute Gasteiger partial charge is 0.104 e. The number of hydrogen-bond donors (Lipinski definition) is 0. The predicted molar refractivity (Wildman–Crippen MR) is 623 cm³/mol. The molecule has 12 aromatic rings. The maximum atomic E-state index is 9.91. The molecule has 6 fully saturated rings. The van der Waals surface area contributed by atoms with Gasteiger partial charge in [-0.3, -0.25) is 0 Å². The molecule has 6 aliphatic carbocycles. The Hall–Kier alpha value is -12.7. The van der Waals surface area contributed by atoms with Crippen molar-refractivity contribution in [2.24, 2.45) is 35.5 Å². The first-order valence-electron chi connectivity index (χ1n) is 65.0. The van der Waals surface area contributed by atoms with Gasteiger partial charge in [-0.05, 0) is 313 Å². The van der Waals surface area contributed by atoms with Gasteiger partial charge in [0, 0.05) is 105 Å². The molecule has 0 saturated heterocycles. The summed E-state index contributed by atoms with van der Waals surface area (Å²) in [5, 5.41) is 0. The maximum absolute atomic E-state index is 9.91. The molecule has 10 aliphatic heterocycles. The zero-order valence-corrected chi connectivity index (χ0v) is 89.1. The van der Waals surface area contributed by atoms with E-state index in [0.29, 0.717) is 23.7 Å². The van der Waals surface area contributed by atoms with E-state index in [9.17, 15) is 2.74 Å². The van der Waals surface area contributed by atoms with Crippen LogP contribution in [0.4, 0.5) is 28.4 Å². The summed E-state index contributed by atoms with van der Waals surface area (Å²) in [5.41, 5.74) is 32.9. The molecular formula is C139H160N10. The molecule has 149 heavy (non-hydrogen) atoms. The molecule has 0 amide bonds. The summed E-state index contributed by atoms with van der Waals surface area (Å²) >= 11 is 0. The van der Waals surface area contributed by atoms with E-state index in [2.05, 4.69) is 253 Å². The van der Waals surface area contributed by atoms with Crippen LogP contribution >= 0.6 is 0 Å². The van der Waals surface area contributed by atoms with Crippen LogP contribution in [0.1, 0.15) is 366 Å². The van der Waals surface area contributed by atoms with Crippen LogP contribution in [0.3, 0.4) is 0 Å². The molecule has 0 N–H and O–H groups in total. The van der Waals surface area contributed by atoms with Gasteiger partial charge >= 0.3 is 0 Å². The Morgan fingerprint density at radius 3 is 0.799 bits per heavy atom. The summed E-state index contributed by atoms with van der Waals surface area (Å²) in [6.45, 7) is 9.57. The Balaban J connectivity index is 0.000000108. The highest BCUT2D eigenvalue weighted by molar-refractivity contribution is 5.89. The van der Waals surface area contributed by atoms with Gasteiger partial charge in [0.2, 0.25) is 0 Å². The van der Waals surface area contributed by atoms with Gasteiger partial charge in [0.05, 0.1) is 59.9 Å². The molecule has 9 atom stereocenters. The average Bonchev–Trinajstić information content (AvgIpc) is 1.48. The van der Waals surface area contributed by atoms with Crippen molar-refractivity contribution >= 4 is 56.9 Å². The number of allylic oxidation sites excluding steroid dienone is 5. The number of para-hydroxylation sites is 5. The van der Waals surface area contributed by atoms with Gasteiger partial charge in [-0.2, -0.15) is 0 Å². The second-order valence-electron chi connectivity index (χ2n) is 45.4. The number of rotatable bonds is 13. The lowest BCUT2D eigenvalue weighted by molar-refractivity contribution is 0.0151. The highest BCUT2D eigenvalue weighted by atomic mass is 15.5. The van der Waals surface area contributed by atoms with Gasteiger partial charge < -0.3 is 49.0 Å². The Bertz CT molecular complexity index is 7890. The second kappa shape index (κ2) is 40.3. The van der Waals surface area contributed by atoms with Crippen LogP contribution < -0.4 is 24.5 Å². The molecule has 766 valence electrons. The largest absolute Gasteiger partial charge is 0.342 e. The van der Waals surface area contributed by atoms with Crippen LogP contribution in [0.25, 0.3) is 28.5 Å². The molecule has 12 aromatic carbocycles. The van der Waals surface area contributed by atoms with Gasteiger partial charge in [0.25, 0.3) is 0 Å². The molecule has 0 spiro atoms. The van der Waals surface area contributed by atoms with Crippen LogP contribution in [0.2, 0.25) is 0 Å². The molecule has 10 heterocycles. The first-order valence-corrected chi connectivity index (χ1v) is 56.5. The minimum atomic E-state index is -2.27. The zero-order chi connectivity index (χ0) is 116. The van der Waals surface area contributed by atoms with E-state index in [1.165, 1.54) is 140 Å². The Morgan fingerprint density at radius 1 is 0.221 bits per heavy atom. The van der Waals surface area contributed by atoms with Gasteiger partial charge in [0.15, 0.2) is 0 Å². The van der Waals surface area contributed by atoms with Crippen molar-refractivity contribution in [2.45, 2.75) is 330 Å². The molecular weight excluding hydrogens is 1810 g/mol. The highest BCUT2D eigenvalue weighted by Gasteiger charge is 2.65. The summed E-state index contributed by atoms with van der Waals surface area (Å²) in [6, 6.07) is 102. The molecule has 0 aromatic heterocycles. The Morgan fingerprint density at radius 2 is 0.463 bits per heavy atom. The van der Waals surface area contributed by atoms with Crippen LogP contribution in [-0.4, -0.2) is 55.3 Å². The van der Waals surface area contributed by atoms with Crippen LogP contribution in [0.5, 0.6) is 0 Å². The van der Waals surface area contributed by atoms with Gasteiger partial charge in [-0.25, -0.2) is 0 Å². The summed E-state index contributed by atoms with van der Waals surface area (Å²) in [7, 11) is 0. The van der Waals surface area contributed by atoms with Crippen LogP contribution in [0, 0.1) is 70.1 Å². The Kier molecular flexibility index (Phi) is 21.7. The van der Waals surface area contributed by atoms with Crippen molar-refractivity contribution in [2.75, 3.05) is 24.5 Å². The number of benzene rings is 12. The molecule has 10 heteroatoms. The molecule has 0 radical (unpaired) electrons. The van der Waals surface area contributed by atoms with E-state index < -0.39 is 88.2 Å². The summed E-state index contributed by atoms with van der Waals surface area (Å²) in [4.78, 5) is 21.3. The topological polar surface area (TPSA) is 32.4 Å². The number of fused-ring (bicyclic) bond motifs is 15. The van der Waals surface area contributed by atoms with Crippen LogP contribution in [-0.2, 0) is 16.6 Å². The van der Waals surface area contributed by atoms with E-state index in [1.54, 1.807) is 0 Å². The van der Waals surface area contributed by atoms with E-state index in [-0.39, 0.29) is 17.4 Å². The van der Waals surface area contributed by atoms with E-state index in [0.717, 1.165) is 207 Å². The highest BCUT2D eigenvalue weighted by Crippen LogP contribution is 2.69. The minimum Gasteiger partial charge on any atom is -0.342 e. The SMILES string of the molecule is [2H]C([2H])([2H])C1N(c2ccccc2C)C(C)=C2c3ccccc3C(C3CCCC3)(C3CCCC3)N21.[2H]C([2H])([2H])C1N(c2ccccc2C)C(C)=C2c3ccccc3C([2H])(C3CCCC3)N21.[2H]C([2H])([2H])C1N(c2ccccc2C)C(C)=C2c3ccccc3C([2H])(C3CCCCC3)N21.[2H]C([2H])([2H])C1N(c2ccccc2C)C(C)=C2c3ccccc3C(c3ccccc3)(C3CCCC3)N21.[2H]C([2H])([2H])C1N(c2ccccc2C)C(C)=C2c3ccccc3C(c3ccccc3)(C3CCCCC3)N21. The van der Waals surface area contributed by atoms with Crippen molar-refractivity contribution in [3.63, 3.8) is 0 Å². The standard InChI is InChI=1S/C31H34N2.C30H32N2.C29H36N2.C25H30N2.C24H28N2/c1-22-14-10-13-21-29(22)32-23(2)30-27-19-11-12-20-28(27)31(33(30)24(32)3,25-15-6-4-7-16-25)26-17-8-5-9-18-26;1-21-13-7-12-20-28(21)31-22(2)29-26-18-10-11-19-27(26)30(32(29)23(31)3,25-16-8-9-17-25)24-14-5-4-6-15-24;1-20-12-4-11-19-27(20)30-21(2)28-25-17-9-10-18-26(25)29(31(28)22(30)3,23-13-5-6-14-23)24-15-7-8-16-24;1-17-11-7-10-16-23(17)26-18(2)24-21-14-8-9-15-22(21)25(27(24)19(26)3)20-12-5-4-6-13-20;1-16-10-4-9-15-22(16)25-17(2)23-20-13-7-8-14-21(20)24(26(23)18(25)3)19-11-5-6-12-19/h4,6-7,10-16,19-21,24,26H,5,8-9,17-18H2,1-3H3;4-7,10-15,18-20,23,25H,8-9,16-17H2,1-3H3;4,9-12,17-19,22-24H,5-8,13-16H2,1-3H3;7-11,14-16,19-20,25H,4-6,12-13H2,1-3H3;4,7-10,13-15,18-19,24H,5-6,11-12H2,1-3H3/i3*3D3;3D3,25D;3D3,24D. The third-order valence-electron chi connectivity index (χ3n) is 37.7. The van der Waals surface area contributed by atoms with Crippen LogP contribution in [0.15, 0.2) is 332 Å². The van der Waals surface area contributed by atoms with Crippen molar-refractivity contribution in [1.29, 1.82) is 0 Å². The zero-order valence-electron chi connectivity index (χ0n) is 106. The second-order valence-corrected chi connectivity index (χ2v) is 45.4. The molecule has 0 bridgehead atoms. The van der Waals surface area contributed by atoms with Crippen molar-refractivity contribution < 1.29 is 23.3 Å². The van der Waals surface area contributed by atoms with Crippen molar-refractivity contribution in [3.8, 4) is 0 Å². The number of nitrogens with zero attached hydrogens (tertiary/aromatic N) is 10. The van der Waals surface area contributed by atoms with Crippen molar-refractivity contribution in [1.82, 2.24) is 24.5 Å². The fourth-order valence-corrected chi connectivity index (χ4v) is 31.5. The summed E-state index contributed by atoms with van der Waals surface area (Å²) in [5.74, 6) is 1.94. The lowest BCUT2D eigenvalue weighted by Crippen LogP contribution is -2.55. The molecule has 6 saturated carbocycles. The van der Waals surface area contributed by atoms with Gasteiger partial charge in [-0.1, -0.05) is 363 Å². The number of anilines is 5. The third-order valence-corrected chi connectivity index (χ3v) is 37.7. The number of aryl methyl sites for hydroxylation is 5. The lowest BCUT2D eigenvalue weighted by atomic mass is 9.67. The molecule has 16 aliphatic rings. The normalized spacial score (nSPS) is 28.2.